The summed E-state index contributed by atoms with van der Waals surface area (Å²) in [5.41, 5.74) is 0. The normalized spacial score (nSPS) is 9.62. The smallest absolute Gasteiger partial charge is 0.330 e. The van der Waals surface area contributed by atoms with Crippen molar-refractivity contribution in [3.05, 3.63) is 12.2 Å². The molecule has 0 saturated carbocycles. The molecule has 0 aliphatic carbocycles. The van der Waals surface area contributed by atoms with Crippen molar-refractivity contribution in [2.24, 2.45) is 4.99 Å². The minimum Gasteiger partial charge on any atom is -0.463 e. The lowest BCUT2D eigenvalue weighted by Crippen LogP contribution is -2.02. The highest BCUT2D eigenvalue weighted by Crippen LogP contribution is 1.91. The molecule has 0 unspecified atom stereocenters. The van der Waals surface area contributed by atoms with Crippen LogP contribution in [0.1, 0.15) is 19.8 Å². The van der Waals surface area contributed by atoms with Gasteiger partial charge in [-0.3, -0.25) is 0 Å². The molecule has 0 aliphatic rings. The maximum absolute atomic E-state index is 10.7. The number of isocyanates is 1. The quantitative estimate of drug-likeness (QED) is 0.204. The van der Waals surface area contributed by atoms with Crippen molar-refractivity contribution in [3.63, 3.8) is 0 Å². The molecule has 0 fully saturated rings. The molecule has 0 N–H and O–H groups in total. The Morgan fingerprint density at radius 2 is 2.31 bits per heavy atom. The molecule has 0 radical (unpaired) electrons. The molecule has 0 bridgehead atoms. The summed E-state index contributed by atoms with van der Waals surface area (Å²) in [6, 6.07) is 0. The van der Waals surface area contributed by atoms with Crippen molar-refractivity contribution in [2.75, 3.05) is 13.2 Å². The second-order valence-electron chi connectivity index (χ2n) is 2.35. The van der Waals surface area contributed by atoms with Crippen LogP contribution >= 0.6 is 0 Å². The predicted octanol–water partition coefficient (Wildman–Crippen LogP) is 1.22. The third-order valence-electron chi connectivity index (χ3n) is 1.28. The number of ether oxygens (including phenoxy) is 1. The maximum atomic E-state index is 10.7. The first kappa shape index (κ1) is 11.6. The van der Waals surface area contributed by atoms with E-state index in [4.69, 9.17) is 4.74 Å². The predicted molar refractivity (Wildman–Crippen MR) is 48.0 cm³/mol. The van der Waals surface area contributed by atoms with Gasteiger partial charge in [0.1, 0.15) is 0 Å². The van der Waals surface area contributed by atoms with Gasteiger partial charge in [0.2, 0.25) is 6.08 Å². The molecule has 72 valence electrons. The van der Waals surface area contributed by atoms with Crippen molar-refractivity contribution in [3.8, 4) is 0 Å². The van der Waals surface area contributed by atoms with Crippen LogP contribution in [0.15, 0.2) is 17.1 Å². The molecule has 0 amide bonds. The minimum atomic E-state index is -0.332. The Labute approximate surface area is 77.3 Å². The summed E-state index contributed by atoms with van der Waals surface area (Å²) in [6.07, 6.45) is 5.88. The van der Waals surface area contributed by atoms with Crippen LogP contribution in [-0.2, 0) is 14.3 Å². The highest BCUT2D eigenvalue weighted by molar-refractivity contribution is 5.81. The zero-order valence-corrected chi connectivity index (χ0v) is 7.66. The van der Waals surface area contributed by atoms with Gasteiger partial charge in [-0.2, -0.15) is 0 Å². The van der Waals surface area contributed by atoms with Gasteiger partial charge in [0, 0.05) is 6.08 Å². The zero-order chi connectivity index (χ0) is 9.94. The van der Waals surface area contributed by atoms with Gasteiger partial charge in [0.25, 0.3) is 0 Å². The van der Waals surface area contributed by atoms with E-state index < -0.39 is 0 Å². The van der Waals surface area contributed by atoms with Gasteiger partial charge in [0.15, 0.2) is 0 Å². The molecule has 4 nitrogen and oxygen atoms in total. The number of hydrogen-bond donors (Lipinski definition) is 0. The fraction of sp³-hybridized carbons (Fsp3) is 0.556. The van der Waals surface area contributed by atoms with E-state index >= 15 is 0 Å². The molecular formula is C9H13NO3. The Kier molecular flexibility index (Phi) is 7.74. The van der Waals surface area contributed by atoms with Crippen molar-refractivity contribution in [1.29, 1.82) is 0 Å². The van der Waals surface area contributed by atoms with Gasteiger partial charge in [-0.15, -0.1) is 0 Å². The van der Waals surface area contributed by atoms with E-state index in [-0.39, 0.29) is 5.97 Å². The van der Waals surface area contributed by atoms with Crippen LogP contribution in [0.4, 0.5) is 0 Å². The first-order valence-electron chi connectivity index (χ1n) is 4.14. The lowest BCUT2D eigenvalue weighted by Gasteiger charge is -1.99. The third kappa shape index (κ3) is 8.50. The number of aliphatic imine (C=N–C) groups is 1. The first-order chi connectivity index (χ1) is 6.31. The molecule has 0 heterocycles. The van der Waals surface area contributed by atoms with Gasteiger partial charge in [0.05, 0.1) is 13.2 Å². The number of nitrogens with zero attached hydrogens (tertiary/aromatic N) is 1. The standard InChI is InChI=1S/C9H13NO3/c1-2-5-9(12)13-7-4-3-6-10-8-11/h2,5H,3-4,6-7H2,1H3/b5-2+. The molecule has 0 aromatic rings. The first-order valence-corrected chi connectivity index (χ1v) is 4.14. The Hall–Kier alpha value is -1.41. The Morgan fingerprint density at radius 3 is 2.92 bits per heavy atom. The zero-order valence-electron chi connectivity index (χ0n) is 7.66. The van der Waals surface area contributed by atoms with E-state index in [2.05, 4.69) is 4.99 Å². The summed E-state index contributed by atoms with van der Waals surface area (Å²) in [5.74, 6) is -0.332. The van der Waals surface area contributed by atoms with E-state index in [1.807, 2.05) is 0 Å². The number of hydrogen-bond acceptors (Lipinski definition) is 4. The van der Waals surface area contributed by atoms with Crippen molar-refractivity contribution in [2.45, 2.75) is 19.8 Å². The molecule has 4 heteroatoms. The average molecular weight is 183 g/mol. The molecule has 0 atom stereocenters. The fourth-order valence-corrected chi connectivity index (χ4v) is 0.696. The van der Waals surface area contributed by atoms with Crippen molar-refractivity contribution in [1.82, 2.24) is 0 Å². The SMILES string of the molecule is C/C=C/C(=O)OCCCCN=C=O. The second-order valence-corrected chi connectivity index (χ2v) is 2.35. The fourth-order valence-electron chi connectivity index (χ4n) is 0.696. The molecule has 0 aromatic heterocycles. The van der Waals surface area contributed by atoms with E-state index in [0.29, 0.717) is 19.6 Å². The summed E-state index contributed by atoms with van der Waals surface area (Å²) in [5, 5.41) is 0. The number of carbonyl (C=O) groups excluding carboxylic acids is 2. The highest BCUT2D eigenvalue weighted by Gasteiger charge is 1.94. The van der Waals surface area contributed by atoms with Crippen LogP contribution in [0.5, 0.6) is 0 Å². The van der Waals surface area contributed by atoms with E-state index in [1.54, 1.807) is 13.0 Å². The lowest BCUT2D eigenvalue weighted by molar-refractivity contribution is -0.137. The number of carbonyl (C=O) groups is 1. The Morgan fingerprint density at radius 1 is 1.54 bits per heavy atom. The second kappa shape index (κ2) is 8.68. The van der Waals surface area contributed by atoms with Gasteiger partial charge in [-0.25, -0.2) is 14.6 Å². The van der Waals surface area contributed by atoms with Gasteiger partial charge in [-0.1, -0.05) is 6.08 Å². The van der Waals surface area contributed by atoms with E-state index in [9.17, 15) is 9.59 Å². The molecule has 0 aliphatic heterocycles. The summed E-state index contributed by atoms with van der Waals surface area (Å²) < 4.78 is 4.80. The van der Waals surface area contributed by atoms with Gasteiger partial charge >= 0.3 is 5.97 Å². The van der Waals surface area contributed by atoms with Crippen LogP contribution in [0.2, 0.25) is 0 Å². The third-order valence-corrected chi connectivity index (χ3v) is 1.28. The summed E-state index contributed by atoms with van der Waals surface area (Å²) in [6.45, 7) is 2.57. The number of allylic oxidation sites excluding steroid dienone is 1. The van der Waals surface area contributed by atoms with Crippen LogP contribution in [-0.4, -0.2) is 25.2 Å². The highest BCUT2D eigenvalue weighted by atomic mass is 16.5. The van der Waals surface area contributed by atoms with Crippen LogP contribution < -0.4 is 0 Å². The molecule has 0 spiro atoms. The number of esters is 1. The monoisotopic (exact) mass is 183 g/mol. The lowest BCUT2D eigenvalue weighted by atomic mass is 10.3. The number of unbranched alkanes of at least 4 members (excludes halogenated alkanes) is 1. The van der Waals surface area contributed by atoms with Crippen molar-refractivity contribution >= 4 is 12.0 Å². The largest absolute Gasteiger partial charge is 0.463 e. The number of rotatable bonds is 6. The van der Waals surface area contributed by atoms with Crippen LogP contribution in [0.25, 0.3) is 0 Å². The molecule has 0 aromatic carbocycles. The molecular weight excluding hydrogens is 170 g/mol. The van der Waals surface area contributed by atoms with Gasteiger partial charge < -0.3 is 4.74 Å². The topological polar surface area (TPSA) is 55.7 Å². The van der Waals surface area contributed by atoms with Gasteiger partial charge in [-0.05, 0) is 19.8 Å². The summed E-state index contributed by atoms with van der Waals surface area (Å²) in [7, 11) is 0. The summed E-state index contributed by atoms with van der Waals surface area (Å²) >= 11 is 0. The Bertz CT molecular complexity index is 217. The Balaban J connectivity index is 3.25. The average Bonchev–Trinajstić information content (AvgIpc) is 2.11. The van der Waals surface area contributed by atoms with Crippen molar-refractivity contribution < 1.29 is 14.3 Å². The summed E-state index contributed by atoms with van der Waals surface area (Å²) in [4.78, 5) is 23.7. The van der Waals surface area contributed by atoms with Crippen LogP contribution in [0, 0.1) is 0 Å². The van der Waals surface area contributed by atoms with E-state index in [0.717, 1.165) is 6.42 Å². The van der Waals surface area contributed by atoms with E-state index in [1.165, 1.54) is 12.2 Å². The molecule has 0 saturated heterocycles. The van der Waals surface area contributed by atoms with Crippen LogP contribution in [0.3, 0.4) is 0 Å². The maximum Gasteiger partial charge on any atom is 0.330 e. The molecule has 13 heavy (non-hydrogen) atoms. The minimum absolute atomic E-state index is 0.332. The molecule has 0 rings (SSSR count).